The van der Waals surface area contributed by atoms with E-state index < -0.39 is 15.0 Å². The average molecular weight is 370 g/mol. The van der Waals surface area contributed by atoms with Gasteiger partial charge >= 0.3 is 0 Å². The smallest absolute Gasteiger partial charge is 0.295 e. The van der Waals surface area contributed by atoms with Crippen LogP contribution in [0.2, 0.25) is 0 Å². The third kappa shape index (κ3) is 3.02. The summed E-state index contributed by atoms with van der Waals surface area (Å²) in [5.41, 5.74) is -0.186. The highest BCUT2D eigenvalue weighted by Gasteiger charge is 2.19. The number of aromatic nitrogens is 2. The summed E-state index contributed by atoms with van der Waals surface area (Å²) in [5, 5.41) is 27.0. The van der Waals surface area contributed by atoms with E-state index in [2.05, 4.69) is 31.9 Å². The van der Waals surface area contributed by atoms with Crippen molar-refractivity contribution in [3.8, 4) is 11.8 Å². The van der Waals surface area contributed by atoms with E-state index in [0.29, 0.717) is 0 Å². The number of fused-ring (bicyclic) bond motifs is 1. The number of aliphatic imine (C=N–C) groups is 1. The molecule has 1 heterocycles. The number of nitriles is 1. The third-order valence-corrected chi connectivity index (χ3v) is 4.32. The molecule has 130 valence electrons. The summed E-state index contributed by atoms with van der Waals surface area (Å²) in [5.74, 6) is -0.390. The molecule has 0 saturated carbocycles. The van der Waals surface area contributed by atoms with Gasteiger partial charge in [-0.15, -0.1) is 10.2 Å². The van der Waals surface area contributed by atoms with Gasteiger partial charge < -0.3 is 10.1 Å². The summed E-state index contributed by atoms with van der Waals surface area (Å²) in [6.07, 6.45) is 0. The Bertz CT molecular complexity index is 1210. The normalized spacial score (nSPS) is 11.7. The fourth-order valence-electron chi connectivity index (χ4n) is 2.30. The number of phenolic OH excluding ortho intramolecular Hbond substituents is 1. The van der Waals surface area contributed by atoms with Gasteiger partial charge in [0.2, 0.25) is 5.95 Å². The molecule has 3 rings (SSSR count). The van der Waals surface area contributed by atoms with Crippen LogP contribution in [0.15, 0.2) is 50.4 Å². The van der Waals surface area contributed by atoms with Crippen molar-refractivity contribution in [2.75, 3.05) is 0 Å². The summed E-state index contributed by atoms with van der Waals surface area (Å²) >= 11 is 0. The lowest BCUT2D eigenvalue weighted by molar-refractivity contribution is 0.480. The van der Waals surface area contributed by atoms with Gasteiger partial charge in [0.15, 0.2) is 17.3 Å². The van der Waals surface area contributed by atoms with Crippen LogP contribution in [0.25, 0.3) is 10.8 Å². The predicted molar refractivity (Wildman–Crippen MR) is 92.1 cm³/mol. The molecule has 0 saturated heterocycles. The molecule has 0 spiro atoms. The zero-order valence-electron chi connectivity index (χ0n) is 12.9. The van der Waals surface area contributed by atoms with Crippen LogP contribution < -0.4 is 0 Å². The van der Waals surface area contributed by atoms with E-state index in [4.69, 9.17) is 5.26 Å². The SMILES string of the molecule is C=Nc1nc(N=Nc2cc(S(=O)(=O)O)c3ccccc3c2O)[nH]c1C#N. The minimum atomic E-state index is -4.56. The molecule has 3 aromatic rings. The first-order chi connectivity index (χ1) is 12.3. The number of hydrogen-bond acceptors (Lipinski definition) is 8. The van der Waals surface area contributed by atoms with Crippen LogP contribution in [0.3, 0.4) is 0 Å². The molecule has 0 fully saturated rings. The molecular formula is C15H10N6O4S. The van der Waals surface area contributed by atoms with Crippen LogP contribution in [0, 0.1) is 11.3 Å². The van der Waals surface area contributed by atoms with Crippen LogP contribution in [0.5, 0.6) is 5.75 Å². The minimum absolute atomic E-state index is 0.0234. The van der Waals surface area contributed by atoms with Gasteiger partial charge in [-0.25, -0.2) is 4.99 Å². The van der Waals surface area contributed by atoms with Crippen LogP contribution in [0.4, 0.5) is 17.5 Å². The van der Waals surface area contributed by atoms with E-state index in [1.165, 1.54) is 12.1 Å². The molecule has 0 aliphatic rings. The summed E-state index contributed by atoms with van der Waals surface area (Å²) in [6.45, 7) is 3.27. The van der Waals surface area contributed by atoms with Gasteiger partial charge in [0, 0.05) is 10.8 Å². The summed E-state index contributed by atoms with van der Waals surface area (Å²) in [7, 11) is -4.56. The molecule has 0 amide bonds. The molecule has 0 atom stereocenters. The first kappa shape index (κ1) is 17.2. The van der Waals surface area contributed by atoms with E-state index >= 15 is 0 Å². The molecule has 3 N–H and O–H groups in total. The van der Waals surface area contributed by atoms with Gasteiger partial charge in [-0.3, -0.25) is 4.55 Å². The van der Waals surface area contributed by atoms with Gasteiger partial charge in [-0.1, -0.05) is 24.3 Å². The predicted octanol–water partition coefficient (Wildman–Crippen LogP) is 3.13. The average Bonchev–Trinajstić information content (AvgIpc) is 3.02. The molecule has 10 nitrogen and oxygen atoms in total. The second-order valence-electron chi connectivity index (χ2n) is 4.99. The van der Waals surface area contributed by atoms with E-state index in [9.17, 15) is 18.1 Å². The molecule has 11 heteroatoms. The first-order valence-electron chi connectivity index (χ1n) is 6.96. The fourth-order valence-corrected chi connectivity index (χ4v) is 3.01. The maximum Gasteiger partial charge on any atom is 0.295 e. The highest BCUT2D eigenvalue weighted by Crippen LogP contribution is 2.39. The number of imidazole rings is 1. The van der Waals surface area contributed by atoms with Crippen molar-refractivity contribution < 1.29 is 18.1 Å². The van der Waals surface area contributed by atoms with Crippen LogP contribution in [0.1, 0.15) is 5.69 Å². The Labute approximate surface area is 146 Å². The number of aromatic hydroxyl groups is 1. The van der Waals surface area contributed by atoms with Gasteiger partial charge in [-0.05, 0) is 12.8 Å². The standard InChI is InChI=1S/C15H10N6O4S/c1-17-14-11(7-16)18-15(19-14)21-20-10-6-12(26(23,24)25)8-4-2-3-5-9(8)13(10)22/h2-6,22H,1H2,(H,18,19)(H,23,24,25). The van der Waals surface area contributed by atoms with Crippen molar-refractivity contribution >= 4 is 45.1 Å². The lowest BCUT2D eigenvalue weighted by Gasteiger charge is -2.08. The molecule has 2 aromatic carbocycles. The summed E-state index contributed by atoms with van der Waals surface area (Å²) in [4.78, 5) is 9.52. The Kier molecular flexibility index (Phi) is 4.21. The quantitative estimate of drug-likeness (QED) is 0.362. The van der Waals surface area contributed by atoms with E-state index in [0.717, 1.165) is 6.07 Å². The summed E-state index contributed by atoms with van der Waals surface area (Å²) < 4.78 is 32.7. The number of benzene rings is 2. The van der Waals surface area contributed by atoms with Gasteiger partial charge in [-0.2, -0.15) is 18.7 Å². The third-order valence-electron chi connectivity index (χ3n) is 3.42. The van der Waals surface area contributed by atoms with E-state index in [1.807, 2.05) is 6.07 Å². The highest BCUT2D eigenvalue weighted by atomic mass is 32.2. The first-order valence-corrected chi connectivity index (χ1v) is 8.40. The van der Waals surface area contributed by atoms with Gasteiger partial charge in [0.1, 0.15) is 16.7 Å². The van der Waals surface area contributed by atoms with Crippen LogP contribution in [-0.4, -0.2) is 34.8 Å². The minimum Gasteiger partial charge on any atom is -0.505 e. The lowest BCUT2D eigenvalue weighted by Crippen LogP contribution is -1.99. The zero-order valence-corrected chi connectivity index (χ0v) is 13.8. The van der Waals surface area contributed by atoms with Gasteiger partial charge in [0.25, 0.3) is 10.1 Å². The molecule has 1 aromatic heterocycles. The van der Waals surface area contributed by atoms with E-state index in [-0.39, 0.29) is 39.7 Å². The number of aromatic amines is 1. The number of H-pyrrole nitrogens is 1. The van der Waals surface area contributed by atoms with Crippen molar-refractivity contribution in [2.45, 2.75) is 4.90 Å². The Hall–Kier alpha value is -3.62. The van der Waals surface area contributed by atoms with Crippen LogP contribution >= 0.6 is 0 Å². The Morgan fingerprint density at radius 2 is 1.92 bits per heavy atom. The molecule has 0 unspecified atom stereocenters. The number of nitrogens with one attached hydrogen (secondary N) is 1. The molecule has 26 heavy (non-hydrogen) atoms. The number of phenols is 1. The van der Waals surface area contributed by atoms with Crippen molar-refractivity contribution in [3.63, 3.8) is 0 Å². The monoisotopic (exact) mass is 370 g/mol. The Morgan fingerprint density at radius 1 is 1.23 bits per heavy atom. The van der Waals surface area contributed by atoms with Crippen molar-refractivity contribution in [3.05, 3.63) is 36.0 Å². The van der Waals surface area contributed by atoms with Crippen molar-refractivity contribution in [1.82, 2.24) is 9.97 Å². The van der Waals surface area contributed by atoms with E-state index in [1.54, 1.807) is 12.1 Å². The molecule has 0 aliphatic carbocycles. The molecule has 0 aliphatic heterocycles. The van der Waals surface area contributed by atoms with Gasteiger partial charge in [0.05, 0.1) is 0 Å². The second kappa shape index (κ2) is 6.36. The maximum atomic E-state index is 11.6. The number of rotatable bonds is 4. The highest BCUT2D eigenvalue weighted by molar-refractivity contribution is 7.86. The van der Waals surface area contributed by atoms with Crippen molar-refractivity contribution in [1.29, 1.82) is 5.26 Å². The Balaban J connectivity index is 2.17. The largest absolute Gasteiger partial charge is 0.505 e. The topological polar surface area (TPSA) is 164 Å². The number of azo groups is 1. The maximum absolute atomic E-state index is 11.6. The lowest BCUT2D eigenvalue weighted by atomic mass is 10.1. The molecular weight excluding hydrogens is 360 g/mol. The zero-order chi connectivity index (χ0) is 18.9. The molecule has 0 radical (unpaired) electrons. The fraction of sp³-hybridized carbons (Fsp3) is 0. The van der Waals surface area contributed by atoms with Crippen molar-refractivity contribution in [2.24, 2.45) is 15.2 Å². The number of nitrogens with zero attached hydrogens (tertiary/aromatic N) is 5. The van der Waals surface area contributed by atoms with Crippen LogP contribution in [-0.2, 0) is 10.1 Å². The summed E-state index contributed by atoms with van der Waals surface area (Å²) in [6, 6.07) is 8.86. The Morgan fingerprint density at radius 3 is 2.50 bits per heavy atom. The number of hydrogen-bond donors (Lipinski definition) is 3. The molecule has 0 bridgehead atoms. The second-order valence-corrected chi connectivity index (χ2v) is 6.38.